The maximum Gasteiger partial charge on any atom is 0.319 e. The van der Waals surface area contributed by atoms with Gasteiger partial charge in [0, 0.05) is 36.4 Å². The number of carbonyl (C=O) groups is 2. The molecule has 2 N–H and O–H groups in total. The highest BCUT2D eigenvalue weighted by Crippen LogP contribution is 2.33. The van der Waals surface area contributed by atoms with Crippen LogP contribution in [-0.4, -0.2) is 35.2 Å². The number of urea groups is 1. The van der Waals surface area contributed by atoms with Gasteiger partial charge in [-0.15, -0.1) is 0 Å². The first kappa shape index (κ1) is 21.5. The maximum absolute atomic E-state index is 12.6. The van der Waals surface area contributed by atoms with Crippen molar-refractivity contribution in [3.05, 3.63) is 59.5 Å². The van der Waals surface area contributed by atoms with E-state index in [0.29, 0.717) is 36.9 Å². The average Bonchev–Trinajstić information content (AvgIpc) is 3.41. The lowest BCUT2D eigenvalue weighted by Crippen LogP contribution is -2.29. The minimum atomic E-state index is -0.256. The SMILES string of the molecule is CCCNC(=O)Nc1cccc(-c2noc(C3CC(=O)N(c4ccc(C)c(C)c4)C3)n2)c1. The molecule has 166 valence electrons. The second kappa shape index (κ2) is 9.21. The Balaban J connectivity index is 1.47. The van der Waals surface area contributed by atoms with E-state index < -0.39 is 0 Å². The fraction of sp³-hybridized carbons (Fsp3) is 0.333. The fourth-order valence-corrected chi connectivity index (χ4v) is 3.68. The summed E-state index contributed by atoms with van der Waals surface area (Å²) in [4.78, 5) is 30.9. The summed E-state index contributed by atoms with van der Waals surface area (Å²) >= 11 is 0. The molecular weight excluding hydrogens is 406 g/mol. The molecule has 4 rings (SSSR count). The van der Waals surface area contributed by atoms with Crippen molar-refractivity contribution in [3.8, 4) is 11.4 Å². The highest BCUT2D eigenvalue weighted by molar-refractivity contribution is 5.96. The third kappa shape index (κ3) is 4.64. The van der Waals surface area contributed by atoms with E-state index >= 15 is 0 Å². The number of aryl methyl sites for hydroxylation is 2. The van der Waals surface area contributed by atoms with E-state index in [9.17, 15) is 9.59 Å². The number of hydrogen-bond donors (Lipinski definition) is 2. The number of benzene rings is 2. The largest absolute Gasteiger partial charge is 0.339 e. The van der Waals surface area contributed by atoms with Gasteiger partial charge in [-0.1, -0.05) is 30.3 Å². The third-order valence-corrected chi connectivity index (χ3v) is 5.63. The fourth-order valence-electron chi connectivity index (χ4n) is 3.68. The van der Waals surface area contributed by atoms with Crippen molar-refractivity contribution < 1.29 is 14.1 Å². The van der Waals surface area contributed by atoms with Gasteiger partial charge in [-0.05, 0) is 55.7 Å². The Kier molecular flexibility index (Phi) is 6.20. The van der Waals surface area contributed by atoms with Gasteiger partial charge in [-0.2, -0.15) is 4.98 Å². The predicted octanol–water partition coefficient (Wildman–Crippen LogP) is 4.41. The van der Waals surface area contributed by atoms with E-state index in [1.54, 1.807) is 17.0 Å². The summed E-state index contributed by atoms with van der Waals surface area (Å²) < 4.78 is 5.51. The monoisotopic (exact) mass is 433 g/mol. The molecular formula is C24H27N5O3. The molecule has 1 aliphatic heterocycles. The van der Waals surface area contributed by atoms with Gasteiger partial charge in [0.2, 0.25) is 17.6 Å². The van der Waals surface area contributed by atoms with Crippen LogP contribution in [-0.2, 0) is 4.79 Å². The Bertz CT molecular complexity index is 1140. The summed E-state index contributed by atoms with van der Waals surface area (Å²) in [5.41, 5.74) is 4.59. The Labute approximate surface area is 187 Å². The van der Waals surface area contributed by atoms with Crippen molar-refractivity contribution in [2.45, 2.75) is 39.5 Å². The topological polar surface area (TPSA) is 100 Å². The number of hydrogen-bond acceptors (Lipinski definition) is 5. The quantitative estimate of drug-likeness (QED) is 0.600. The zero-order chi connectivity index (χ0) is 22.7. The Morgan fingerprint density at radius 3 is 2.81 bits per heavy atom. The highest BCUT2D eigenvalue weighted by Gasteiger charge is 2.35. The van der Waals surface area contributed by atoms with Crippen LogP contribution in [0.4, 0.5) is 16.2 Å². The molecule has 8 nitrogen and oxygen atoms in total. The molecule has 0 aliphatic carbocycles. The van der Waals surface area contributed by atoms with E-state index in [2.05, 4.69) is 27.7 Å². The zero-order valence-electron chi connectivity index (χ0n) is 18.5. The molecule has 32 heavy (non-hydrogen) atoms. The maximum atomic E-state index is 12.6. The van der Waals surface area contributed by atoms with Crippen LogP contribution >= 0.6 is 0 Å². The number of anilines is 2. The lowest BCUT2D eigenvalue weighted by molar-refractivity contribution is -0.117. The van der Waals surface area contributed by atoms with Crippen molar-refractivity contribution in [1.82, 2.24) is 15.5 Å². The van der Waals surface area contributed by atoms with Crippen molar-refractivity contribution >= 4 is 23.3 Å². The lowest BCUT2D eigenvalue weighted by Gasteiger charge is -2.17. The smallest absolute Gasteiger partial charge is 0.319 e. The summed E-state index contributed by atoms with van der Waals surface area (Å²) in [7, 11) is 0. The van der Waals surface area contributed by atoms with Gasteiger partial charge in [0.15, 0.2) is 0 Å². The molecule has 3 amide bonds. The van der Waals surface area contributed by atoms with Crippen molar-refractivity contribution in [1.29, 1.82) is 0 Å². The molecule has 0 radical (unpaired) electrons. The first-order valence-corrected chi connectivity index (χ1v) is 10.8. The van der Waals surface area contributed by atoms with Gasteiger partial charge in [-0.3, -0.25) is 4.79 Å². The van der Waals surface area contributed by atoms with Crippen LogP contribution < -0.4 is 15.5 Å². The predicted molar refractivity (Wildman–Crippen MR) is 123 cm³/mol. The van der Waals surface area contributed by atoms with Gasteiger partial charge in [-0.25, -0.2) is 4.79 Å². The normalized spacial score (nSPS) is 15.8. The molecule has 0 saturated carbocycles. The van der Waals surface area contributed by atoms with Gasteiger partial charge in [0.1, 0.15) is 0 Å². The first-order valence-electron chi connectivity index (χ1n) is 10.8. The molecule has 1 aliphatic rings. The number of carbonyl (C=O) groups excluding carboxylic acids is 2. The van der Waals surface area contributed by atoms with Crippen LogP contribution in [0.3, 0.4) is 0 Å². The second-order valence-corrected chi connectivity index (χ2v) is 8.09. The number of nitrogens with one attached hydrogen (secondary N) is 2. The van der Waals surface area contributed by atoms with Crippen LogP contribution in [0.5, 0.6) is 0 Å². The van der Waals surface area contributed by atoms with Crippen LogP contribution in [0, 0.1) is 13.8 Å². The molecule has 1 fully saturated rings. The minimum Gasteiger partial charge on any atom is -0.339 e. The zero-order valence-corrected chi connectivity index (χ0v) is 18.5. The summed E-state index contributed by atoms with van der Waals surface area (Å²) in [6, 6.07) is 13.0. The Morgan fingerprint density at radius 1 is 1.19 bits per heavy atom. The summed E-state index contributed by atoms with van der Waals surface area (Å²) in [6.07, 6.45) is 1.19. The van der Waals surface area contributed by atoms with Crippen LogP contribution in [0.15, 0.2) is 47.0 Å². The van der Waals surface area contributed by atoms with Crippen molar-refractivity contribution in [3.63, 3.8) is 0 Å². The molecule has 1 aromatic heterocycles. The minimum absolute atomic E-state index is 0.0438. The average molecular weight is 434 g/mol. The van der Waals surface area contributed by atoms with Gasteiger partial charge in [0.25, 0.3) is 0 Å². The van der Waals surface area contributed by atoms with E-state index in [0.717, 1.165) is 23.2 Å². The van der Waals surface area contributed by atoms with E-state index in [-0.39, 0.29) is 17.9 Å². The standard InChI is InChI=1S/C24H27N5O3/c1-4-10-25-24(31)26-19-7-5-6-17(12-19)22-27-23(32-28-22)18-13-21(30)29(14-18)20-9-8-15(2)16(3)11-20/h5-9,11-12,18H,4,10,13-14H2,1-3H3,(H2,25,26,31). The molecule has 3 aromatic rings. The number of rotatable bonds is 6. The molecule has 1 unspecified atom stereocenters. The van der Waals surface area contributed by atoms with Crippen LogP contribution in [0.25, 0.3) is 11.4 Å². The second-order valence-electron chi connectivity index (χ2n) is 8.09. The van der Waals surface area contributed by atoms with Gasteiger partial charge in [0.05, 0.1) is 5.92 Å². The number of aromatic nitrogens is 2. The molecule has 0 spiro atoms. The molecule has 2 heterocycles. The highest BCUT2D eigenvalue weighted by atomic mass is 16.5. The summed E-state index contributed by atoms with van der Waals surface area (Å²) in [5.74, 6) is 0.752. The number of nitrogens with zero attached hydrogens (tertiary/aromatic N) is 3. The Hall–Kier alpha value is -3.68. The summed E-state index contributed by atoms with van der Waals surface area (Å²) in [5, 5.41) is 9.68. The third-order valence-electron chi connectivity index (χ3n) is 5.63. The van der Waals surface area contributed by atoms with Crippen molar-refractivity contribution in [2.75, 3.05) is 23.3 Å². The van der Waals surface area contributed by atoms with E-state index in [1.165, 1.54) is 5.56 Å². The lowest BCUT2D eigenvalue weighted by atomic mass is 10.1. The Morgan fingerprint density at radius 2 is 2.03 bits per heavy atom. The molecule has 1 saturated heterocycles. The molecule has 2 aromatic carbocycles. The number of amides is 3. The van der Waals surface area contributed by atoms with Gasteiger partial charge < -0.3 is 20.1 Å². The van der Waals surface area contributed by atoms with Crippen molar-refractivity contribution in [2.24, 2.45) is 0 Å². The first-order chi connectivity index (χ1) is 15.4. The molecule has 0 bridgehead atoms. The molecule has 1 atom stereocenters. The van der Waals surface area contributed by atoms with E-state index in [4.69, 9.17) is 4.52 Å². The van der Waals surface area contributed by atoms with Gasteiger partial charge >= 0.3 is 6.03 Å². The van der Waals surface area contributed by atoms with Crippen LogP contribution in [0.1, 0.15) is 42.7 Å². The van der Waals surface area contributed by atoms with Crippen LogP contribution in [0.2, 0.25) is 0 Å². The van der Waals surface area contributed by atoms with E-state index in [1.807, 2.05) is 44.2 Å². The molecule has 8 heteroatoms. The summed E-state index contributed by atoms with van der Waals surface area (Å²) in [6.45, 7) is 7.20.